The third-order valence-corrected chi connectivity index (χ3v) is 7.71. The van der Waals surface area contributed by atoms with Gasteiger partial charge in [0, 0.05) is 23.5 Å². The van der Waals surface area contributed by atoms with E-state index in [4.69, 9.17) is 4.74 Å². The second-order valence-corrected chi connectivity index (χ2v) is 10.1. The summed E-state index contributed by atoms with van der Waals surface area (Å²) in [7, 11) is -3.65. The van der Waals surface area contributed by atoms with Gasteiger partial charge in [-0.2, -0.15) is 4.31 Å². The molecule has 3 rings (SSSR count). The molecule has 152 valence electrons. The van der Waals surface area contributed by atoms with Gasteiger partial charge in [0.15, 0.2) is 0 Å². The van der Waals surface area contributed by atoms with Gasteiger partial charge >= 0.3 is 0 Å². The highest BCUT2D eigenvalue weighted by Gasteiger charge is 2.28. The molecule has 2 heterocycles. The molecule has 6 nitrogen and oxygen atoms in total. The molecule has 1 saturated heterocycles. The van der Waals surface area contributed by atoms with Crippen LogP contribution >= 0.6 is 11.3 Å². The third-order valence-electron chi connectivity index (χ3n) is 4.86. The lowest BCUT2D eigenvalue weighted by molar-refractivity contribution is 0.0730. The van der Waals surface area contributed by atoms with Crippen molar-refractivity contribution in [3.63, 3.8) is 0 Å². The van der Waals surface area contributed by atoms with Crippen molar-refractivity contribution in [1.29, 1.82) is 0 Å². The zero-order valence-electron chi connectivity index (χ0n) is 16.3. The van der Waals surface area contributed by atoms with Gasteiger partial charge in [0.05, 0.1) is 24.2 Å². The SMILES string of the molecule is Cc1ccc(S(=O)(=O)N2CCOCC2)cc1C(=O)N[C@H](c1cccs1)C(C)C. The number of carbonyl (C=O) groups is 1. The zero-order chi connectivity index (χ0) is 20.3. The van der Waals surface area contributed by atoms with E-state index in [9.17, 15) is 13.2 Å². The fraction of sp³-hybridized carbons (Fsp3) is 0.450. The number of ether oxygens (including phenoxy) is 1. The molecule has 1 amide bonds. The summed E-state index contributed by atoms with van der Waals surface area (Å²) < 4.78 is 32.5. The van der Waals surface area contributed by atoms with Gasteiger partial charge in [-0.1, -0.05) is 26.0 Å². The number of aryl methyl sites for hydroxylation is 1. The Hall–Kier alpha value is -1.74. The summed E-state index contributed by atoms with van der Waals surface area (Å²) in [5.41, 5.74) is 1.13. The molecule has 28 heavy (non-hydrogen) atoms. The van der Waals surface area contributed by atoms with Crippen LogP contribution in [0.3, 0.4) is 0 Å². The molecule has 0 aliphatic carbocycles. The standard InChI is InChI=1S/C20H26N2O4S2/c1-14(2)19(18-5-4-12-27-18)21-20(23)17-13-16(7-6-15(17)3)28(24,25)22-8-10-26-11-9-22/h4-7,12-14,19H,8-11H2,1-3H3,(H,21,23)/t19-/m0/s1. The summed E-state index contributed by atoms with van der Waals surface area (Å²) in [6, 6.07) is 8.59. The lowest BCUT2D eigenvalue weighted by atomic mass is 10.0. The Morgan fingerprint density at radius 1 is 1.21 bits per heavy atom. The first-order valence-corrected chi connectivity index (χ1v) is 11.7. The van der Waals surface area contributed by atoms with Crippen LogP contribution in [0.4, 0.5) is 0 Å². The third kappa shape index (κ3) is 4.46. The Bertz CT molecular complexity index is 918. The Labute approximate surface area is 170 Å². The molecule has 1 atom stereocenters. The predicted octanol–water partition coefficient (Wildman–Crippen LogP) is 3.20. The summed E-state index contributed by atoms with van der Waals surface area (Å²) in [5.74, 6) is -0.0493. The highest BCUT2D eigenvalue weighted by molar-refractivity contribution is 7.89. The smallest absolute Gasteiger partial charge is 0.252 e. The van der Waals surface area contributed by atoms with Gasteiger partial charge in [-0.3, -0.25) is 4.79 Å². The van der Waals surface area contributed by atoms with Crippen molar-refractivity contribution in [3.8, 4) is 0 Å². The summed E-state index contributed by atoms with van der Waals surface area (Å²) >= 11 is 1.60. The molecular weight excluding hydrogens is 396 g/mol. The van der Waals surface area contributed by atoms with Crippen molar-refractivity contribution in [1.82, 2.24) is 9.62 Å². The number of hydrogen-bond acceptors (Lipinski definition) is 5. The van der Waals surface area contributed by atoms with Crippen LogP contribution < -0.4 is 5.32 Å². The molecule has 1 fully saturated rings. The van der Waals surface area contributed by atoms with E-state index in [0.29, 0.717) is 31.9 Å². The molecule has 1 aromatic heterocycles. The number of thiophene rings is 1. The minimum atomic E-state index is -3.65. The van der Waals surface area contributed by atoms with Gasteiger partial charge < -0.3 is 10.1 Å². The Morgan fingerprint density at radius 3 is 2.54 bits per heavy atom. The van der Waals surface area contributed by atoms with Crippen molar-refractivity contribution in [2.75, 3.05) is 26.3 Å². The van der Waals surface area contributed by atoms with E-state index in [1.807, 2.05) is 24.4 Å². The number of nitrogens with zero attached hydrogens (tertiary/aromatic N) is 1. The van der Waals surface area contributed by atoms with E-state index in [1.165, 1.54) is 10.4 Å². The number of carbonyl (C=O) groups excluding carboxylic acids is 1. The number of morpholine rings is 1. The van der Waals surface area contributed by atoms with Crippen molar-refractivity contribution in [2.45, 2.75) is 31.7 Å². The average Bonchev–Trinajstić information content (AvgIpc) is 3.21. The van der Waals surface area contributed by atoms with Gasteiger partial charge in [0.2, 0.25) is 10.0 Å². The van der Waals surface area contributed by atoms with Gasteiger partial charge in [-0.05, 0) is 42.0 Å². The minimum Gasteiger partial charge on any atom is -0.379 e. The van der Waals surface area contributed by atoms with Crippen molar-refractivity contribution < 1.29 is 17.9 Å². The molecule has 0 saturated carbocycles. The minimum absolute atomic E-state index is 0.119. The first-order chi connectivity index (χ1) is 13.3. The van der Waals surface area contributed by atoms with Crippen LogP contribution in [-0.2, 0) is 14.8 Å². The van der Waals surface area contributed by atoms with Crippen LogP contribution in [0.25, 0.3) is 0 Å². The molecular formula is C20H26N2O4S2. The second-order valence-electron chi connectivity index (χ2n) is 7.20. The van der Waals surface area contributed by atoms with Crippen LogP contribution in [0.5, 0.6) is 0 Å². The number of nitrogens with one attached hydrogen (secondary N) is 1. The summed E-state index contributed by atoms with van der Waals surface area (Å²) in [5, 5.41) is 5.06. The first kappa shape index (κ1) is 21.0. The Morgan fingerprint density at radius 2 is 1.93 bits per heavy atom. The molecule has 0 spiro atoms. The predicted molar refractivity (Wildman–Crippen MR) is 110 cm³/mol. The van der Waals surface area contributed by atoms with Crippen LogP contribution in [-0.4, -0.2) is 44.9 Å². The number of amides is 1. The monoisotopic (exact) mass is 422 g/mol. The Balaban J connectivity index is 1.87. The molecule has 1 N–H and O–H groups in total. The maximum Gasteiger partial charge on any atom is 0.252 e. The lowest BCUT2D eigenvalue weighted by Crippen LogP contribution is -2.40. The lowest BCUT2D eigenvalue weighted by Gasteiger charge is -2.26. The number of rotatable bonds is 6. The van der Waals surface area contributed by atoms with Gasteiger partial charge in [0.1, 0.15) is 0 Å². The van der Waals surface area contributed by atoms with E-state index in [-0.39, 0.29) is 22.8 Å². The van der Waals surface area contributed by atoms with Crippen LogP contribution in [0, 0.1) is 12.8 Å². The number of benzene rings is 1. The average molecular weight is 423 g/mol. The van der Waals surface area contributed by atoms with E-state index in [1.54, 1.807) is 23.5 Å². The quantitative estimate of drug-likeness (QED) is 0.776. The maximum atomic E-state index is 13.0. The van der Waals surface area contributed by atoms with Crippen LogP contribution in [0.15, 0.2) is 40.6 Å². The number of hydrogen-bond donors (Lipinski definition) is 1. The van der Waals surface area contributed by atoms with Gasteiger partial charge in [0.25, 0.3) is 5.91 Å². The topological polar surface area (TPSA) is 75.7 Å². The number of sulfonamides is 1. The highest BCUT2D eigenvalue weighted by Crippen LogP contribution is 2.27. The first-order valence-electron chi connectivity index (χ1n) is 9.33. The van der Waals surface area contributed by atoms with E-state index >= 15 is 0 Å². The summed E-state index contributed by atoms with van der Waals surface area (Å²) in [4.78, 5) is 14.2. The molecule has 1 aromatic carbocycles. The van der Waals surface area contributed by atoms with Crippen molar-refractivity contribution in [3.05, 3.63) is 51.7 Å². The molecule has 1 aliphatic rings. The van der Waals surface area contributed by atoms with E-state index in [0.717, 1.165) is 10.4 Å². The molecule has 0 unspecified atom stereocenters. The second kappa shape index (κ2) is 8.73. The fourth-order valence-corrected chi connectivity index (χ4v) is 5.58. The van der Waals surface area contributed by atoms with Crippen molar-refractivity contribution >= 4 is 27.3 Å². The van der Waals surface area contributed by atoms with Crippen LogP contribution in [0.2, 0.25) is 0 Å². The molecule has 2 aromatic rings. The molecule has 8 heteroatoms. The van der Waals surface area contributed by atoms with E-state index < -0.39 is 10.0 Å². The molecule has 0 radical (unpaired) electrons. The fourth-order valence-electron chi connectivity index (χ4n) is 3.20. The molecule has 0 bridgehead atoms. The summed E-state index contributed by atoms with van der Waals surface area (Å²) in [6.45, 7) is 7.34. The largest absolute Gasteiger partial charge is 0.379 e. The normalized spacial score (nSPS) is 16.9. The van der Waals surface area contributed by atoms with Crippen molar-refractivity contribution in [2.24, 2.45) is 5.92 Å². The van der Waals surface area contributed by atoms with Gasteiger partial charge in [-0.25, -0.2) is 8.42 Å². The highest BCUT2D eigenvalue weighted by atomic mass is 32.2. The van der Waals surface area contributed by atoms with Crippen LogP contribution in [0.1, 0.15) is 40.7 Å². The maximum absolute atomic E-state index is 13.0. The summed E-state index contributed by atoms with van der Waals surface area (Å²) in [6.07, 6.45) is 0. The van der Waals surface area contributed by atoms with Gasteiger partial charge in [-0.15, -0.1) is 11.3 Å². The molecule has 1 aliphatic heterocycles. The zero-order valence-corrected chi connectivity index (χ0v) is 18.0. The Kier molecular flexibility index (Phi) is 6.54. The van der Waals surface area contributed by atoms with E-state index in [2.05, 4.69) is 19.2 Å².